The van der Waals surface area contributed by atoms with Gasteiger partial charge >= 0.3 is 7.12 Å². The molecule has 0 radical (unpaired) electrons. The SMILES string of the molecule is CC1(C)OB(C(=Cc2ccsc2)CN)OC1(C)C. The van der Waals surface area contributed by atoms with E-state index in [1.807, 2.05) is 33.1 Å². The maximum absolute atomic E-state index is 6.00. The van der Waals surface area contributed by atoms with Gasteiger partial charge in [0.15, 0.2) is 0 Å². The Balaban J connectivity index is 2.22. The molecule has 2 N–H and O–H groups in total. The summed E-state index contributed by atoms with van der Waals surface area (Å²) in [6.07, 6.45) is 2.05. The molecular weight excluding hydrogens is 245 g/mol. The van der Waals surface area contributed by atoms with Crippen molar-refractivity contribution in [3.8, 4) is 0 Å². The fraction of sp³-hybridized carbons (Fsp3) is 0.538. The summed E-state index contributed by atoms with van der Waals surface area (Å²) in [5.41, 5.74) is 7.31. The number of nitrogens with two attached hydrogens (primary N) is 1. The van der Waals surface area contributed by atoms with Crippen molar-refractivity contribution in [2.45, 2.75) is 38.9 Å². The Labute approximate surface area is 113 Å². The summed E-state index contributed by atoms with van der Waals surface area (Å²) in [6, 6.07) is 2.06. The minimum absolute atomic E-state index is 0.319. The molecule has 1 fully saturated rings. The van der Waals surface area contributed by atoms with Gasteiger partial charge in [-0.05, 0) is 55.6 Å². The summed E-state index contributed by atoms with van der Waals surface area (Å²) in [5, 5.41) is 4.13. The highest BCUT2D eigenvalue weighted by Crippen LogP contribution is 2.38. The van der Waals surface area contributed by atoms with Crippen LogP contribution < -0.4 is 5.73 Å². The molecular formula is C13H20BNO2S. The highest BCUT2D eigenvalue weighted by Gasteiger charge is 2.52. The molecule has 2 rings (SSSR count). The van der Waals surface area contributed by atoms with Crippen molar-refractivity contribution in [1.82, 2.24) is 0 Å². The maximum atomic E-state index is 6.00. The average molecular weight is 265 g/mol. The summed E-state index contributed by atoms with van der Waals surface area (Å²) >= 11 is 1.67. The van der Waals surface area contributed by atoms with Crippen molar-refractivity contribution < 1.29 is 9.31 Å². The lowest BCUT2D eigenvalue weighted by Crippen LogP contribution is -2.41. The van der Waals surface area contributed by atoms with Crippen LogP contribution in [0.15, 0.2) is 22.3 Å². The number of thiophene rings is 1. The van der Waals surface area contributed by atoms with Crippen LogP contribution in [0.1, 0.15) is 33.3 Å². The van der Waals surface area contributed by atoms with Crippen LogP contribution in [0.5, 0.6) is 0 Å². The molecule has 18 heavy (non-hydrogen) atoms. The second-order valence-electron chi connectivity index (χ2n) is 5.57. The van der Waals surface area contributed by atoms with Crippen molar-refractivity contribution in [3.05, 3.63) is 27.9 Å². The molecule has 1 saturated heterocycles. The third-order valence-electron chi connectivity index (χ3n) is 3.69. The predicted molar refractivity (Wildman–Crippen MR) is 77.4 cm³/mol. The Hall–Kier alpha value is -0.615. The quantitative estimate of drug-likeness (QED) is 0.854. The second-order valence-corrected chi connectivity index (χ2v) is 6.35. The van der Waals surface area contributed by atoms with Crippen LogP contribution in [0.4, 0.5) is 0 Å². The number of hydrogen-bond donors (Lipinski definition) is 1. The molecule has 0 saturated carbocycles. The van der Waals surface area contributed by atoms with E-state index in [2.05, 4.69) is 17.5 Å². The largest absolute Gasteiger partial charge is 0.491 e. The van der Waals surface area contributed by atoms with Gasteiger partial charge in [0.2, 0.25) is 0 Å². The van der Waals surface area contributed by atoms with Gasteiger partial charge in [0.1, 0.15) is 0 Å². The fourth-order valence-corrected chi connectivity index (χ4v) is 2.41. The van der Waals surface area contributed by atoms with E-state index in [0.29, 0.717) is 6.54 Å². The Morgan fingerprint density at radius 3 is 2.39 bits per heavy atom. The van der Waals surface area contributed by atoms with Gasteiger partial charge in [-0.2, -0.15) is 11.3 Å². The molecule has 3 nitrogen and oxygen atoms in total. The molecule has 0 atom stereocenters. The predicted octanol–water partition coefficient (Wildman–Crippen LogP) is 2.72. The monoisotopic (exact) mass is 265 g/mol. The van der Waals surface area contributed by atoms with Crippen LogP contribution in [0.2, 0.25) is 0 Å². The van der Waals surface area contributed by atoms with Crippen LogP contribution in [0.3, 0.4) is 0 Å². The van der Waals surface area contributed by atoms with Gasteiger partial charge in [-0.25, -0.2) is 0 Å². The Morgan fingerprint density at radius 2 is 1.94 bits per heavy atom. The molecule has 0 aromatic carbocycles. The molecule has 98 valence electrons. The smallest absolute Gasteiger partial charge is 0.400 e. The first-order valence-electron chi connectivity index (χ1n) is 6.14. The molecule has 0 aliphatic carbocycles. The minimum atomic E-state index is -0.347. The average Bonchev–Trinajstić information content (AvgIpc) is 2.82. The summed E-state index contributed by atoms with van der Waals surface area (Å²) in [6.45, 7) is 8.63. The van der Waals surface area contributed by atoms with E-state index in [0.717, 1.165) is 11.0 Å². The van der Waals surface area contributed by atoms with Crippen LogP contribution in [0, 0.1) is 0 Å². The van der Waals surface area contributed by atoms with Crippen molar-refractivity contribution >= 4 is 24.5 Å². The van der Waals surface area contributed by atoms with Gasteiger partial charge in [0, 0.05) is 6.54 Å². The van der Waals surface area contributed by atoms with Gasteiger partial charge < -0.3 is 15.0 Å². The molecule has 0 amide bonds. The molecule has 1 aliphatic heterocycles. The van der Waals surface area contributed by atoms with Crippen molar-refractivity contribution in [2.75, 3.05) is 6.54 Å². The first kappa shape index (κ1) is 13.8. The van der Waals surface area contributed by atoms with E-state index < -0.39 is 0 Å². The van der Waals surface area contributed by atoms with Crippen molar-refractivity contribution in [2.24, 2.45) is 5.73 Å². The van der Waals surface area contributed by atoms with Crippen LogP contribution >= 0.6 is 11.3 Å². The lowest BCUT2D eigenvalue weighted by atomic mass is 9.77. The van der Waals surface area contributed by atoms with Crippen LogP contribution in [-0.2, 0) is 9.31 Å². The second kappa shape index (κ2) is 4.81. The topological polar surface area (TPSA) is 44.5 Å². The van der Waals surface area contributed by atoms with Gasteiger partial charge in [0.05, 0.1) is 11.2 Å². The normalized spacial score (nSPS) is 22.5. The molecule has 0 bridgehead atoms. The molecule has 2 heterocycles. The highest BCUT2D eigenvalue weighted by molar-refractivity contribution is 7.08. The van der Waals surface area contributed by atoms with Crippen LogP contribution in [0.25, 0.3) is 6.08 Å². The highest BCUT2D eigenvalue weighted by atomic mass is 32.1. The molecule has 1 aromatic rings. The molecule has 0 unspecified atom stereocenters. The molecule has 0 spiro atoms. The van der Waals surface area contributed by atoms with E-state index in [-0.39, 0.29) is 18.3 Å². The molecule has 1 aliphatic rings. The first-order chi connectivity index (χ1) is 8.36. The molecule has 5 heteroatoms. The summed E-state index contributed by atoms with van der Waals surface area (Å²) in [7, 11) is -0.347. The molecule has 1 aromatic heterocycles. The van der Waals surface area contributed by atoms with Crippen LogP contribution in [-0.4, -0.2) is 24.9 Å². The van der Waals surface area contributed by atoms with Crippen molar-refractivity contribution in [1.29, 1.82) is 0 Å². The lowest BCUT2D eigenvalue weighted by Gasteiger charge is -2.32. The van der Waals surface area contributed by atoms with Gasteiger partial charge in [-0.1, -0.05) is 6.08 Å². The maximum Gasteiger partial charge on any atom is 0.491 e. The third-order valence-corrected chi connectivity index (χ3v) is 4.39. The summed E-state index contributed by atoms with van der Waals surface area (Å²) in [4.78, 5) is 0. The van der Waals surface area contributed by atoms with Crippen molar-refractivity contribution in [3.63, 3.8) is 0 Å². The standard InChI is InChI=1S/C13H20BNO2S/c1-12(2)13(3,4)17-14(16-12)11(8-15)7-10-5-6-18-9-10/h5-7,9H,8,15H2,1-4H3. The van der Waals surface area contributed by atoms with E-state index in [1.165, 1.54) is 0 Å². The van der Waals surface area contributed by atoms with E-state index >= 15 is 0 Å². The first-order valence-corrected chi connectivity index (χ1v) is 7.08. The minimum Gasteiger partial charge on any atom is -0.400 e. The number of hydrogen-bond acceptors (Lipinski definition) is 4. The van der Waals surface area contributed by atoms with E-state index in [1.54, 1.807) is 11.3 Å². The fourth-order valence-electron chi connectivity index (χ4n) is 1.79. The Morgan fingerprint density at radius 1 is 1.33 bits per heavy atom. The third kappa shape index (κ3) is 2.54. The van der Waals surface area contributed by atoms with E-state index in [4.69, 9.17) is 15.0 Å². The lowest BCUT2D eigenvalue weighted by molar-refractivity contribution is 0.00578. The van der Waals surface area contributed by atoms with Gasteiger partial charge in [-0.3, -0.25) is 0 Å². The number of rotatable bonds is 3. The van der Waals surface area contributed by atoms with Gasteiger partial charge in [0.25, 0.3) is 0 Å². The zero-order chi connectivity index (χ0) is 13.4. The Kier molecular flexibility index (Phi) is 3.69. The zero-order valence-electron chi connectivity index (χ0n) is 11.4. The summed E-state index contributed by atoms with van der Waals surface area (Å²) < 4.78 is 12.0. The van der Waals surface area contributed by atoms with Gasteiger partial charge in [-0.15, -0.1) is 0 Å². The zero-order valence-corrected chi connectivity index (χ0v) is 12.2. The van der Waals surface area contributed by atoms with E-state index in [9.17, 15) is 0 Å². The Bertz CT molecular complexity index is 424. The summed E-state index contributed by atoms with van der Waals surface area (Å²) in [5.74, 6) is 0.